The van der Waals surface area contributed by atoms with Gasteiger partial charge in [-0.3, -0.25) is 4.90 Å². The lowest BCUT2D eigenvalue weighted by Gasteiger charge is -2.36. The summed E-state index contributed by atoms with van der Waals surface area (Å²) in [6.07, 6.45) is -4.86. The summed E-state index contributed by atoms with van der Waals surface area (Å²) in [6, 6.07) is 5.23. The maximum Gasteiger partial charge on any atom is 0.389 e. The number of halogens is 5. The molecule has 1 aromatic carbocycles. The van der Waals surface area contributed by atoms with Gasteiger partial charge in [0, 0.05) is 38.6 Å². The molecule has 0 unspecified atom stereocenters. The van der Waals surface area contributed by atoms with E-state index in [2.05, 4.69) is 10.2 Å². The largest absolute Gasteiger partial charge is 0.486 e. The van der Waals surface area contributed by atoms with Crippen molar-refractivity contribution in [2.45, 2.75) is 25.1 Å². The molecule has 0 aromatic heterocycles. The van der Waals surface area contributed by atoms with Crippen molar-refractivity contribution in [1.29, 1.82) is 0 Å². The minimum absolute atomic E-state index is 0. The van der Waals surface area contributed by atoms with Crippen LogP contribution in [0.2, 0.25) is 0 Å². The Hall–Kier alpha value is -0.890. The molecule has 2 heterocycles. The van der Waals surface area contributed by atoms with E-state index in [1.165, 1.54) is 0 Å². The van der Waals surface area contributed by atoms with Crippen LogP contribution in [0.1, 0.15) is 24.4 Å². The lowest BCUT2D eigenvalue weighted by molar-refractivity contribution is -0.138. The average molecular weight is 403 g/mol. The van der Waals surface area contributed by atoms with Crippen molar-refractivity contribution < 1.29 is 22.6 Å². The summed E-state index contributed by atoms with van der Waals surface area (Å²) in [5.74, 6) is 1.29. The van der Waals surface area contributed by atoms with Gasteiger partial charge in [0.2, 0.25) is 0 Å². The van der Waals surface area contributed by atoms with Gasteiger partial charge in [0.05, 0.1) is 0 Å². The van der Waals surface area contributed by atoms with E-state index in [-0.39, 0.29) is 37.3 Å². The molecule has 0 bridgehead atoms. The van der Waals surface area contributed by atoms with E-state index < -0.39 is 12.6 Å². The number of nitrogens with one attached hydrogen (secondary N) is 1. The molecule has 1 fully saturated rings. The lowest BCUT2D eigenvalue weighted by Crippen LogP contribution is -2.45. The van der Waals surface area contributed by atoms with E-state index in [0.29, 0.717) is 24.7 Å². The first kappa shape index (κ1) is 22.2. The number of nitrogens with zero attached hydrogens (tertiary/aromatic N) is 1. The smallest absolute Gasteiger partial charge is 0.389 e. The first-order valence-corrected chi connectivity index (χ1v) is 7.94. The summed E-state index contributed by atoms with van der Waals surface area (Å²) in [5, 5.41) is 3.23. The van der Waals surface area contributed by atoms with Gasteiger partial charge >= 0.3 is 6.18 Å². The van der Waals surface area contributed by atoms with Crippen LogP contribution >= 0.6 is 24.8 Å². The second-order valence-electron chi connectivity index (χ2n) is 5.86. The minimum Gasteiger partial charge on any atom is -0.486 e. The molecule has 1 saturated heterocycles. The number of benzene rings is 1. The number of alkyl halides is 3. The Bertz CT molecular complexity index is 541. The first-order chi connectivity index (χ1) is 11.0. The molecule has 3 rings (SSSR count). The molecule has 0 spiro atoms. The Balaban J connectivity index is 0.00000156. The lowest BCUT2D eigenvalue weighted by atomic mass is 9.98. The fraction of sp³-hybridized carbons (Fsp3) is 0.625. The summed E-state index contributed by atoms with van der Waals surface area (Å²) in [4.78, 5) is 2.12. The predicted molar refractivity (Wildman–Crippen MR) is 94.4 cm³/mol. The summed E-state index contributed by atoms with van der Waals surface area (Å²) in [5.41, 5.74) is 0.861. The molecular formula is C16H23Cl2F3N2O2. The minimum atomic E-state index is -4.14. The highest BCUT2D eigenvalue weighted by atomic mass is 35.5. The molecule has 0 amide bonds. The Labute approximate surface area is 157 Å². The van der Waals surface area contributed by atoms with Gasteiger partial charge in [-0.1, -0.05) is 6.07 Å². The second-order valence-corrected chi connectivity index (χ2v) is 5.86. The van der Waals surface area contributed by atoms with E-state index in [1.807, 2.05) is 12.1 Å². The highest BCUT2D eigenvalue weighted by molar-refractivity contribution is 5.85. The molecule has 144 valence electrons. The maximum absolute atomic E-state index is 12.7. The Morgan fingerprint density at radius 3 is 2.32 bits per heavy atom. The predicted octanol–water partition coefficient (Wildman–Crippen LogP) is 3.59. The summed E-state index contributed by atoms with van der Waals surface area (Å²) in [6.45, 7) is 4.06. The topological polar surface area (TPSA) is 33.7 Å². The van der Waals surface area contributed by atoms with Crippen LogP contribution in [-0.4, -0.2) is 50.5 Å². The third-order valence-corrected chi connectivity index (χ3v) is 4.24. The van der Waals surface area contributed by atoms with Gasteiger partial charge in [0.15, 0.2) is 11.5 Å². The van der Waals surface area contributed by atoms with E-state index in [1.54, 1.807) is 6.07 Å². The van der Waals surface area contributed by atoms with Gasteiger partial charge < -0.3 is 14.8 Å². The molecule has 1 aromatic rings. The number of hydrogen-bond donors (Lipinski definition) is 1. The number of rotatable bonds is 4. The first-order valence-electron chi connectivity index (χ1n) is 7.94. The standard InChI is InChI=1S/C16H21F3N2O2.2ClH/c17-16(18,19)4-3-13(21-7-5-20-6-8-21)12-1-2-14-15(11-12)23-10-9-22-14;;/h1-2,11,13,20H,3-10H2;2*1H/t13-;;/m1../s1. The van der Waals surface area contributed by atoms with Gasteiger partial charge in [-0.25, -0.2) is 0 Å². The fourth-order valence-corrected chi connectivity index (χ4v) is 3.12. The second kappa shape index (κ2) is 9.71. The number of fused-ring (bicyclic) bond motifs is 1. The van der Waals surface area contributed by atoms with Gasteiger partial charge in [0.1, 0.15) is 13.2 Å². The zero-order chi connectivity index (χ0) is 16.3. The highest BCUT2D eigenvalue weighted by Gasteiger charge is 2.31. The Kier molecular flexibility index (Phi) is 8.60. The third-order valence-electron chi connectivity index (χ3n) is 4.24. The van der Waals surface area contributed by atoms with Crippen molar-refractivity contribution in [3.8, 4) is 11.5 Å². The third kappa shape index (κ3) is 6.09. The van der Waals surface area contributed by atoms with E-state index in [0.717, 1.165) is 31.7 Å². The summed E-state index contributed by atoms with van der Waals surface area (Å²) in [7, 11) is 0. The van der Waals surface area contributed by atoms with Gasteiger partial charge in [-0.2, -0.15) is 13.2 Å². The van der Waals surface area contributed by atoms with Gasteiger partial charge in [-0.15, -0.1) is 24.8 Å². The van der Waals surface area contributed by atoms with Crippen molar-refractivity contribution in [2.24, 2.45) is 0 Å². The Morgan fingerprint density at radius 1 is 1.04 bits per heavy atom. The quantitative estimate of drug-likeness (QED) is 0.834. The molecule has 0 aliphatic carbocycles. The number of piperazine rings is 1. The van der Waals surface area contributed by atoms with Crippen molar-refractivity contribution in [2.75, 3.05) is 39.4 Å². The van der Waals surface area contributed by atoms with Crippen LogP contribution < -0.4 is 14.8 Å². The van der Waals surface area contributed by atoms with Gasteiger partial charge in [0.25, 0.3) is 0 Å². The highest BCUT2D eigenvalue weighted by Crippen LogP contribution is 2.37. The molecule has 0 saturated carbocycles. The Morgan fingerprint density at radius 2 is 1.68 bits per heavy atom. The van der Waals surface area contributed by atoms with Crippen LogP contribution in [0.4, 0.5) is 13.2 Å². The van der Waals surface area contributed by atoms with E-state index in [4.69, 9.17) is 9.47 Å². The van der Waals surface area contributed by atoms with Crippen LogP contribution in [0.15, 0.2) is 18.2 Å². The van der Waals surface area contributed by atoms with Crippen LogP contribution in [0, 0.1) is 0 Å². The molecule has 0 radical (unpaired) electrons. The number of ether oxygens (including phenoxy) is 2. The molecule has 2 aliphatic rings. The molecular weight excluding hydrogens is 380 g/mol. The number of hydrogen-bond acceptors (Lipinski definition) is 4. The molecule has 25 heavy (non-hydrogen) atoms. The zero-order valence-corrected chi connectivity index (χ0v) is 15.3. The van der Waals surface area contributed by atoms with Crippen LogP contribution in [0.25, 0.3) is 0 Å². The average Bonchev–Trinajstić information content (AvgIpc) is 2.55. The van der Waals surface area contributed by atoms with Crippen LogP contribution in [0.5, 0.6) is 11.5 Å². The molecule has 1 N–H and O–H groups in total. The maximum atomic E-state index is 12.7. The van der Waals surface area contributed by atoms with E-state index >= 15 is 0 Å². The van der Waals surface area contributed by atoms with Gasteiger partial charge in [-0.05, 0) is 24.1 Å². The molecule has 4 nitrogen and oxygen atoms in total. The molecule has 1 atom stereocenters. The van der Waals surface area contributed by atoms with E-state index in [9.17, 15) is 13.2 Å². The van der Waals surface area contributed by atoms with Crippen molar-refractivity contribution in [1.82, 2.24) is 10.2 Å². The van der Waals surface area contributed by atoms with Crippen LogP contribution in [0.3, 0.4) is 0 Å². The zero-order valence-electron chi connectivity index (χ0n) is 13.7. The SMILES string of the molecule is Cl.Cl.FC(F)(F)CC[C@H](c1ccc2c(c1)OCCO2)N1CCNCC1. The van der Waals surface area contributed by atoms with Crippen molar-refractivity contribution in [3.63, 3.8) is 0 Å². The normalized spacial score (nSPS) is 18.7. The van der Waals surface area contributed by atoms with Crippen LogP contribution in [-0.2, 0) is 0 Å². The summed E-state index contributed by atoms with van der Waals surface area (Å²) >= 11 is 0. The molecule has 9 heteroatoms. The monoisotopic (exact) mass is 402 g/mol. The van der Waals surface area contributed by atoms with Crippen molar-refractivity contribution in [3.05, 3.63) is 23.8 Å². The molecule has 2 aliphatic heterocycles. The van der Waals surface area contributed by atoms with Crippen molar-refractivity contribution >= 4 is 24.8 Å². The fourth-order valence-electron chi connectivity index (χ4n) is 3.12. The summed E-state index contributed by atoms with van der Waals surface area (Å²) < 4.78 is 49.1.